The molecule has 0 aliphatic rings. The zero-order valence-corrected chi connectivity index (χ0v) is 12.3. The lowest BCUT2D eigenvalue weighted by Gasteiger charge is -2.08. The highest BCUT2D eigenvalue weighted by molar-refractivity contribution is 6.04. The monoisotopic (exact) mass is 334 g/mol. The van der Waals surface area contributed by atoms with Gasteiger partial charge >= 0.3 is 6.18 Å². The quantitative estimate of drug-likeness (QED) is 0.439. The Labute approximate surface area is 134 Å². The Morgan fingerprint density at radius 1 is 1.12 bits per heavy atom. The summed E-state index contributed by atoms with van der Waals surface area (Å²) in [5.41, 5.74) is 2.82. The van der Waals surface area contributed by atoms with Crippen LogP contribution in [0.3, 0.4) is 0 Å². The van der Waals surface area contributed by atoms with Crippen molar-refractivity contribution in [1.29, 1.82) is 0 Å². The fraction of sp³-hybridized carbons (Fsp3) is 0.125. The predicted molar refractivity (Wildman–Crippen MR) is 81.9 cm³/mol. The van der Waals surface area contributed by atoms with E-state index >= 15 is 0 Å². The van der Waals surface area contributed by atoms with Crippen LogP contribution in [0.2, 0.25) is 0 Å². The minimum Gasteiger partial charge on any atom is -0.289 e. The van der Waals surface area contributed by atoms with E-state index in [2.05, 4.69) is 5.10 Å². The summed E-state index contributed by atoms with van der Waals surface area (Å²) >= 11 is 0. The van der Waals surface area contributed by atoms with Gasteiger partial charge in [-0.1, -0.05) is 30.3 Å². The number of aromatic nitrogens is 2. The standard InChI is InChI=1S/C16H13F3N4O/c17-16(18,19)11-7-5-10(6-8-11)9-23-13-4-2-1-3-12(13)14(22-23)15(24)21-20/h1-8H,9,20H2,(H,21,24). The van der Waals surface area contributed by atoms with Crippen LogP contribution in [0.15, 0.2) is 48.5 Å². The van der Waals surface area contributed by atoms with E-state index in [9.17, 15) is 18.0 Å². The van der Waals surface area contributed by atoms with E-state index in [4.69, 9.17) is 5.84 Å². The van der Waals surface area contributed by atoms with Gasteiger partial charge in [0.05, 0.1) is 17.6 Å². The summed E-state index contributed by atoms with van der Waals surface area (Å²) < 4.78 is 39.4. The maximum absolute atomic E-state index is 12.6. The van der Waals surface area contributed by atoms with Gasteiger partial charge in [-0.3, -0.25) is 14.9 Å². The van der Waals surface area contributed by atoms with Crippen LogP contribution in [-0.4, -0.2) is 15.7 Å². The highest BCUT2D eigenvalue weighted by Gasteiger charge is 2.30. The zero-order chi connectivity index (χ0) is 17.3. The van der Waals surface area contributed by atoms with Crippen molar-refractivity contribution in [3.8, 4) is 0 Å². The van der Waals surface area contributed by atoms with Gasteiger partial charge < -0.3 is 0 Å². The van der Waals surface area contributed by atoms with Crippen molar-refractivity contribution >= 4 is 16.8 Å². The molecule has 3 aromatic rings. The molecule has 0 bridgehead atoms. The topological polar surface area (TPSA) is 72.9 Å². The van der Waals surface area contributed by atoms with Gasteiger partial charge in [0.2, 0.25) is 0 Å². The van der Waals surface area contributed by atoms with Gasteiger partial charge in [0.25, 0.3) is 5.91 Å². The lowest BCUT2D eigenvalue weighted by Crippen LogP contribution is -2.30. The van der Waals surface area contributed by atoms with Gasteiger partial charge in [-0.15, -0.1) is 0 Å². The number of halogens is 3. The zero-order valence-electron chi connectivity index (χ0n) is 12.3. The summed E-state index contributed by atoms with van der Waals surface area (Å²) in [4.78, 5) is 11.8. The number of hydrogen-bond acceptors (Lipinski definition) is 3. The Hall–Kier alpha value is -2.87. The molecule has 24 heavy (non-hydrogen) atoms. The third-order valence-electron chi connectivity index (χ3n) is 3.62. The number of para-hydroxylation sites is 1. The van der Waals surface area contributed by atoms with Crippen molar-refractivity contribution in [2.75, 3.05) is 0 Å². The summed E-state index contributed by atoms with van der Waals surface area (Å²) in [6, 6.07) is 11.9. The number of nitrogen functional groups attached to an aromatic ring is 1. The molecule has 1 amide bonds. The van der Waals surface area contributed by atoms with E-state index in [0.29, 0.717) is 16.5 Å². The Morgan fingerprint density at radius 3 is 2.42 bits per heavy atom. The number of carbonyl (C=O) groups excluding carboxylic acids is 1. The highest BCUT2D eigenvalue weighted by Crippen LogP contribution is 2.29. The SMILES string of the molecule is NNC(=O)c1nn(Cc2ccc(C(F)(F)F)cc2)c2ccccc12. The van der Waals surface area contributed by atoms with Gasteiger partial charge in [0.1, 0.15) is 0 Å². The minimum absolute atomic E-state index is 0.167. The average molecular weight is 334 g/mol. The Balaban J connectivity index is 1.97. The van der Waals surface area contributed by atoms with Gasteiger partial charge in [-0.05, 0) is 23.8 Å². The Bertz CT molecular complexity index is 884. The molecule has 0 atom stereocenters. The summed E-state index contributed by atoms with van der Waals surface area (Å²) in [5.74, 6) is 4.63. The Kier molecular flexibility index (Phi) is 3.98. The molecule has 5 nitrogen and oxygen atoms in total. The second-order valence-electron chi connectivity index (χ2n) is 5.19. The van der Waals surface area contributed by atoms with E-state index in [0.717, 1.165) is 12.1 Å². The summed E-state index contributed by atoms with van der Waals surface area (Å²) in [7, 11) is 0. The minimum atomic E-state index is -4.37. The molecule has 0 aliphatic carbocycles. The molecular weight excluding hydrogens is 321 g/mol. The Morgan fingerprint density at radius 2 is 1.79 bits per heavy atom. The van der Waals surface area contributed by atoms with Crippen molar-refractivity contribution < 1.29 is 18.0 Å². The van der Waals surface area contributed by atoms with E-state index < -0.39 is 17.6 Å². The number of nitrogens with two attached hydrogens (primary N) is 1. The summed E-state index contributed by atoms with van der Waals surface area (Å²) in [6.07, 6.45) is -4.37. The lowest BCUT2D eigenvalue weighted by atomic mass is 10.1. The first-order valence-electron chi connectivity index (χ1n) is 7.03. The fourth-order valence-corrected chi connectivity index (χ4v) is 2.46. The maximum Gasteiger partial charge on any atom is 0.416 e. The smallest absolute Gasteiger partial charge is 0.289 e. The average Bonchev–Trinajstić information content (AvgIpc) is 2.93. The third-order valence-corrected chi connectivity index (χ3v) is 3.62. The normalized spacial score (nSPS) is 11.7. The van der Waals surface area contributed by atoms with E-state index in [1.165, 1.54) is 12.1 Å². The van der Waals surface area contributed by atoms with Crippen LogP contribution in [0.1, 0.15) is 21.6 Å². The summed E-state index contributed by atoms with van der Waals surface area (Å²) in [5, 5.41) is 4.85. The lowest BCUT2D eigenvalue weighted by molar-refractivity contribution is -0.137. The molecule has 0 saturated carbocycles. The molecule has 1 aromatic heterocycles. The van der Waals surface area contributed by atoms with Crippen molar-refractivity contribution in [2.24, 2.45) is 5.84 Å². The number of benzene rings is 2. The second-order valence-corrected chi connectivity index (χ2v) is 5.19. The molecule has 2 aromatic carbocycles. The molecule has 0 radical (unpaired) electrons. The number of nitrogens with one attached hydrogen (secondary N) is 1. The molecule has 1 heterocycles. The van der Waals surface area contributed by atoms with E-state index in [1.807, 2.05) is 5.43 Å². The number of nitrogens with zero attached hydrogens (tertiary/aromatic N) is 2. The molecule has 0 fully saturated rings. The van der Waals surface area contributed by atoms with E-state index in [-0.39, 0.29) is 12.2 Å². The first kappa shape index (κ1) is 16.0. The molecule has 0 aliphatic heterocycles. The van der Waals surface area contributed by atoms with Gasteiger partial charge in [0.15, 0.2) is 5.69 Å². The number of hydrogen-bond donors (Lipinski definition) is 2. The second kappa shape index (κ2) is 5.97. The van der Waals surface area contributed by atoms with Gasteiger partial charge in [-0.25, -0.2) is 5.84 Å². The first-order chi connectivity index (χ1) is 11.4. The van der Waals surface area contributed by atoms with Crippen molar-refractivity contribution in [1.82, 2.24) is 15.2 Å². The molecule has 0 saturated heterocycles. The molecule has 3 rings (SSSR count). The number of amides is 1. The van der Waals surface area contributed by atoms with Crippen molar-refractivity contribution in [3.63, 3.8) is 0 Å². The summed E-state index contributed by atoms with van der Waals surface area (Å²) in [6.45, 7) is 0.233. The van der Waals surface area contributed by atoms with Crippen LogP contribution in [0.4, 0.5) is 13.2 Å². The first-order valence-corrected chi connectivity index (χ1v) is 7.03. The van der Waals surface area contributed by atoms with Crippen LogP contribution >= 0.6 is 0 Å². The fourth-order valence-electron chi connectivity index (χ4n) is 2.46. The number of alkyl halides is 3. The third kappa shape index (κ3) is 2.95. The number of carbonyl (C=O) groups is 1. The largest absolute Gasteiger partial charge is 0.416 e. The van der Waals surface area contributed by atoms with Crippen molar-refractivity contribution in [2.45, 2.75) is 12.7 Å². The van der Waals surface area contributed by atoms with E-state index in [1.54, 1.807) is 28.9 Å². The van der Waals surface area contributed by atoms with Crippen LogP contribution in [0.25, 0.3) is 10.9 Å². The van der Waals surface area contributed by atoms with Crippen LogP contribution in [-0.2, 0) is 12.7 Å². The molecule has 124 valence electrons. The molecular formula is C16H13F3N4O. The molecule has 8 heteroatoms. The number of rotatable bonds is 3. The van der Waals surface area contributed by atoms with Gasteiger partial charge in [-0.2, -0.15) is 18.3 Å². The van der Waals surface area contributed by atoms with Crippen LogP contribution < -0.4 is 11.3 Å². The number of fused-ring (bicyclic) bond motifs is 1. The predicted octanol–water partition coefficient (Wildman–Crippen LogP) is 2.71. The maximum atomic E-state index is 12.6. The molecule has 3 N–H and O–H groups in total. The molecule has 0 spiro atoms. The van der Waals surface area contributed by atoms with Crippen LogP contribution in [0, 0.1) is 0 Å². The van der Waals surface area contributed by atoms with Gasteiger partial charge in [0, 0.05) is 5.39 Å². The van der Waals surface area contributed by atoms with Crippen LogP contribution in [0.5, 0.6) is 0 Å². The molecule has 0 unspecified atom stereocenters. The number of hydrazine groups is 1. The highest BCUT2D eigenvalue weighted by atomic mass is 19.4. The van der Waals surface area contributed by atoms with Crippen molar-refractivity contribution in [3.05, 3.63) is 65.4 Å².